The number of carbonyl (C=O) groups excluding carboxylic acids is 1. The van der Waals surface area contributed by atoms with Gasteiger partial charge in [0.15, 0.2) is 0 Å². The molecule has 1 aromatic carbocycles. The molecular formula is C29H38N6O2. The van der Waals surface area contributed by atoms with Gasteiger partial charge in [-0.3, -0.25) is 0 Å². The third kappa shape index (κ3) is 5.66. The van der Waals surface area contributed by atoms with Crippen molar-refractivity contribution < 1.29 is 9.53 Å². The lowest BCUT2D eigenvalue weighted by Crippen LogP contribution is -2.60. The fourth-order valence-corrected chi connectivity index (χ4v) is 7.03. The molecule has 8 heteroatoms. The minimum absolute atomic E-state index is 0.162. The monoisotopic (exact) mass is 502 g/mol. The van der Waals surface area contributed by atoms with E-state index in [1.165, 1.54) is 30.4 Å². The van der Waals surface area contributed by atoms with E-state index in [4.69, 9.17) is 4.74 Å². The predicted octanol–water partition coefficient (Wildman–Crippen LogP) is 5.40. The number of nitrogens with one attached hydrogen (secondary N) is 3. The van der Waals surface area contributed by atoms with Crippen molar-refractivity contribution in [2.24, 2.45) is 23.2 Å². The zero-order valence-corrected chi connectivity index (χ0v) is 22.3. The van der Waals surface area contributed by atoms with Crippen LogP contribution in [0, 0.1) is 41.4 Å². The Labute approximate surface area is 219 Å². The van der Waals surface area contributed by atoms with Crippen LogP contribution >= 0.6 is 0 Å². The van der Waals surface area contributed by atoms with Gasteiger partial charge in [0, 0.05) is 19.1 Å². The molecule has 4 saturated carbocycles. The maximum absolute atomic E-state index is 12.5. The number of benzene rings is 1. The topological polar surface area (TPSA) is 112 Å². The van der Waals surface area contributed by atoms with Crippen molar-refractivity contribution >= 4 is 17.9 Å². The summed E-state index contributed by atoms with van der Waals surface area (Å²) in [6.07, 6.45) is 6.96. The molecule has 4 fully saturated rings. The number of aryl methyl sites for hydroxylation is 1. The van der Waals surface area contributed by atoms with Gasteiger partial charge in [-0.1, -0.05) is 24.3 Å². The van der Waals surface area contributed by atoms with Crippen molar-refractivity contribution in [3.8, 4) is 6.07 Å². The average Bonchev–Trinajstić information content (AvgIpc) is 2.83. The van der Waals surface area contributed by atoms with Gasteiger partial charge in [0.1, 0.15) is 23.1 Å². The second kappa shape index (κ2) is 9.85. The summed E-state index contributed by atoms with van der Waals surface area (Å²) in [5, 5.41) is 19.7. The summed E-state index contributed by atoms with van der Waals surface area (Å²) in [5.74, 6) is 2.73. The smallest absolute Gasteiger partial charge is 0.407 e. The van der Waals surface area contributed by atoms with Gasteiger partial charge in [-0.25, -0.2) is 9.78 Å². The molecule has 6 rings (SSSR count). The van der Waals surface area contributed by atoms with E-state index >= 15 is 0 Å². The van der Waals surface area contributed by atoms with Crippen molar-refractivity contribution in [2.45, 2.75) is 78.0 Å². The van der Waals surface area contributed by atoms with E-state index in [0.29, 0.717) is 41.6 Å². The summed E-state index contributed by atoms with van der Waals surface area (Å²) in [5.41, 5.74) is 2.52. The van der Waals surface area contributed by atoms with E-state index in [2.05, 4.69) is 51.0 Å². The van der Waals surface area contributed by atoms with Crippen molar-refractivity contribution in [3.63, 3.8) is 0 Å². The number of ether oxygens (including phenoxy) is 1. The SMILES string of the molecule is Cc1ccccc1CNc1ncc(C#N)c(NC[C@]23CC4C[C@H](C2)[C@@H](NC(=O)OC(C)(C)C)[C@@H](C4)C3)n1. The maximum atomic E-state index is 12.5. The maximum Gasteiger partial charge on any atom is 0.407 e. The van der Waals surface area contributed by atoms with Crippen molar-refractivity contribution in [1.29, 1.82) is 5.26 Å². The molecule has 0 radical (unpaired) electrons. The van der Waals surface area contributed by atoms with Crippen LogP contribution in [-0.4, -0.2) is 34.2 Å². The predicted molar refractivity (Wildman–Crippen MR) is 143 cm³/mol. The number of aromatic nitrogens is 2. The number of hydrogen-bond donors (Lipinski definition) is 3. The van der Waals surface area contributed by atoms with Crippen LogP contribution in [0.25, 0.3) is 0 Å². The van der Waals surface area contributed by atoms with Crippen molar-refractivity contribution in [1.82, 2.24) is 15.3 Å². The molecule has 196 valence electrons. The van der Waals surface area contributed by atoms with Crippen LogP contribution < -0.4 is 16.0 Å². The van der Waals surface area contributed by atoms with Crippen LogP contribution in [-0.2, 0) is 11.3 Å². The summed E-state index contributed by atoms with van der Waals surface area (Å²) < 4.78 is 5.55. The van der Waals surface area contributed by atoms with Crippen molar-refractivity contribution in [3.05, 3.63) is 47.2 Å². The highest BCUT2D eigenvalue weighted by Gasteiger charge is 2.55. The molecule has 1 amide bonds. The van der Waals surface area contributed by atoms with Crippen molar-refractivity contribution in [2.75, 3.05) is 17.2 Å². The van der Waals surface area contributed by atoms with Gasteiger partial charge in [0.25, 0.3) is 0 Å². The highest BCUT2D eigenvalue weighted by Crippen LogP contribution is 2.60. The Kier molecular flexibility index (Phi) is 6.74. The molecule has 0 saturated heterocycles. The number of hydrogen-bond acceptors (Lipinski definition) is 7. The van der Waals surface area contributed by atoms with E-state index in [0.717, 1.165) is 19.4 Å². The first-order valence-electron chi connectivity index (χ1n) is 13.4. The first-order chi connectivity index (χ1) is 17.6. The van der Waals surface area contributed by atoms with Crippen LogP contribution in [0.1, 0.15) is 69.6 Å². The van der Waals surface area contributed by atoms with Crippen LogP contribution in [0.2, 0.25) is 0 Å². The summed E-state index contributed by atoms with van der Waals surface area (Å²) in [6, 6.07) is 10.6. The molecule has 1 aromatic heterocycles. The van der Waals surface area contributed by atoms with E-state index in [1.807, 2.05) is 32.9 Å². The lowest BCUT2D eigenvalue weighted by atomic mass is 9.48. The standard InChI is InChI=1S/C29H38N6O2/c1-18-7-5-6-8-20(18)15-31-26-32-16-23(14-30)25(35-26)33-17-29-11-19-9-21(12-29)24(22(10-19)13-29)34-27(36)37-28(2,3)4/h5-8,16,19,21-22,24H,9-13,15,17H2,1-4H3,(H,34,36)(H2,31,32,33,35)/t19?,21-,22+,24-,29-. The number of nitrogens with zero attached hydrogens (tertiary/aromatic N) is 3. The second-order valence-electron chi connectivity index (χ2n) is 12.3. The largest absolute Gasteiger partial charge is 0.444 e. The van der Waals surface area contributed by atoms with E-state index < -0.39 is 5.60 Å². The molecule has 37 heavy (non-hydrogen) atoms. The first-order valence-corrected chi connectivity index (χ1v) is 13.4. The molecule has 4 bridgehead atoms. The Morgan fingerprint density at radius 3 is 2.57 bits per heavy atom. The Balaban J connectivity index is 1.24. The third-order valence-corrected chi connectivity index (χ3v) is 8.32. The number of anilines is 2. The van der Waals surface area contributed by atoms with Crippen LogP contribution in [0.15, 0.2) is 30.5 Å². The van der Waals surface area contributed by atoms with Gasteiger partial charge in [-0.05, 0) is 94.1 Å². The molecule has 8 nitrogen and oxygen atoms in total. The summed E-state index contributed by atoms with van der Waals surface area (Å²) >= 11 is 0. The Bertz CT molecular complexity index is 1180. The Morgan fingerprint density at radius 1 is 1.16 bits per heavy atom. The number of rotatable bonds is 7. The summed E-state index contributed by atoms with van der Waals surface area (Å²) in [4.78, 5) is 21.5. The molecule has 1 heterocycles. The number of carbonyl (C=O) groups is 1. The highest BCUT2D eigenvalue weighted by atomic mass is 16.6. The van der Waals surface area contributed by atoms with Gasteiger partial charge in [-0.2, -0.15) is 10.2 Å². The fraction of sp³-hybridized carbons (Fsp3) is 0.586. The van der Waals surface area contributed by atoms with E-state index in [9.17, 15) is 10.1 Å². The lowest BCUT2D eigenvalue weighted by molar-refractivity contribution is -0.0703. The summed E-state index contributed by atoms with van der Waals surface area (Å²) in [7, 11) is 0. The van der Waals surface area contributed by atoms with Crippen LogP contribution in [0.3, 0.4) is 0 Å². The second-order valence-corrected chi connectivity index (χ2v) is 12.3. The zero-order chi connectivity index (χ0) is 26.2. The fourth-order valence-electron chi connectivity index (χ4n) is 7.03. The van der Waals surface area contributed by atoms with Gasteiger partial charge >= 0.3 is 6.09 Å². The van der Waals surface area contributed by atoms with E-state index in [-0.39, 0.29) is 17.6 Å². The number of nitriles is 1. The molecule has 0 aliphatic heterocycles. The molecule has 5 atom stereocenters. The molecule has 1 unspecified atom stereocenters. The van der Waals surface area contributed by atoms with Crippen LogP contribution in [0.5, 0.6) is 0 Å². The van der Waals surface area contributed by atoms with Gasteiger partial charge in [-0.15, -0.1) is 0 Å². The third-order valence-electron chi connectivity index (χ3n) is 8.32. The normalized spacial score (nSPS) is 27.9. The molecule has 4 aliphatic rings. The lowest BCUT2D eigenvalue weighted by Gasteiger charge is -2.60. The molecular weight excluding hydrogens is 464 g/mol. The number of alkyl carbamates (subject to hydrolysis) is 1. The zero-order valence-electron chi connectivity index (χ0n) is 22.3. The van der Waals surface area contributed by atoms with Gasteiger partial charge < -0.3 is 20.7 Å². The molecule has 3 N–H and O–H groups in total. The first kappa shape index (κ1) is 25.3. The molecule has 4 aliphatic carbocycles. The van der Waals surface area contributed by atoms with E-state index in [1.54, 1.807) is 6.20 Å². The summed E-state index contributed by atoms with van der Waals surface area (Å²) in [6.45, 7) is 9.18. The number of amides is 1. The Hall–Kier alpha value is -3.34. The Morgan fingerprint density at radius 2 is 1.89 bits per heavy atom. The minimum Gasteiger partial charge on any atom is -0.444 e. The van der Waals surface area contributed by atoms with Gasteiger partial charge in [0.05, 0.1) is 6.20 Å². The quantitative estimate of drug-likeness (QED) is 0.465. The molecule has 0 spiro atoms. The molecule has 2 aromatic rings. The average molecular weight is 503 g/mol. The highest BCUT2D eigenvalue weighted by molar-refractivity contribution is 5.68. The van der Waals surface area contributed by atoms with Crippen LogP contribution in [0.4, 0.5) is 16.6 Å². The minimum atomic E-state index is -0.495. The van der Waals surface area contributed by atoms with Gasteiger partial charge in [0.2, 0.25) is 5.95 Å².